The van der Waals surface area contributed by atoms with Crippen LogP contribution in [0.1, 0.15) is 44.1 Å². The van der Waals surface area contributed by atoms with Crippen LogP contribution in [0, 0.1) is 6.92 Å². The number of carbonyl (C=O) groups is 1. The van der Waals surface area contributed by atoms with Gasteiger partial charge in [-0.1, -0.05) is 31.4 Å². The number of rotatable bonds is 6. The lowest BCUT2D eigenvalue weighted by Gasteiger charge is -2.33. The van der Waals surface area contributed by atoms with Crippen LogP contribution in [-0.4, -0.2) is 24.6 Å². The maximum atomic E-state index is 11.8. The van der Waals surface area contributed by atoms with Crippen LogP contribution < -0.4 is 15.8 Å². The van der Waals surface area contributed by atoms with Crippen LogP contribution in [0.3, 0.4) is 0 Å². The molecule has 2 rings (SSSR count). The van der Waals surface area contributed by atoms with E-state index in [2.05, 4.69) is 5.32 Å². The van der Waals surface area contributed by atoms with Crippen molar-refractivity contribution in [2.24, 2.45) is 5.73 Å². The molecule has 4 nitrogen and oxygen atoms in total. The average Bonchev–Trinajstić information content (AvgIpc) is 2.46. The smallest absolute Gasteiger partial charge is 0.223 e. The molecule has 0 atom stereocenters. The molecule has 1 aromatic carbocycles. The maximum absolute atomic E-state index is 11.8. The molecule has 1 aromatic rings. The highest BCUT2D eigenvalue weighted by atomic mass is 35.5. The Morgan fingerprint density at radius 3 is 2.73 bits per heavy atom. The topological polar surface area (TPSA) is 64.3 Å². The quantitative estimate of drug-likeness (QED) is 0.844. The van der Waals surface area contributed by atoms with Gasteiger partial charge in [0.25, 0.3) is 0 Å². The van der Waals surface area contributed by atoms with E-state index in [-0.39, 0.29) is 23.9 Å². The van der Waals surface area contributed by atoms with Gasteiger partial charge >= 0.3 is 0 Å². The summed E-state index contributed by atoms with van der Waals surface area (Å²) in [7, 11) is 0. The summed E-state index contributed by atoms with van der Waals surface area (Å²) >= 11 is 0. The number of ether oxygens (including phenoxy) is 1. The molecule has 0 unspecified atom stereocenters. The Morgan fingerprint density at radius 1 is 1.32 bits per heavy atom. The zero-order valence-corrected chi connectivity index (χ0v) is 14.1. The summed E-state index contributed by atoms with van der Waals surface area (Å²) in [4.78, 5) is 11.8. The molecule has 1 saturated carbocycles. The number of amides is 1. The van der Waals surface area contributed by atoms with Crippen LogP contribution in [0.2, 0.25) is 0 Å². The fourth-order valence-corrected chi connectivity index (χ4v) is 2.76. The second kappa shape index (κ2) is 9.01. The Labute approximate surface area is 139 Å². The molecule has 5 heteroatoms. The van der Waals surface area contributed by atoms with Crippen LogP contribution in [0.4, 0.5) is 0 Å². The zero-order chi connectivity index (χ0) is 15.1. The number of nitrogens with one attached hydrogen (secondary N) is 1. The van der Waals surface area contributed by atoms with E-state index in [1.165, 1.54) is 19.3 Å². The normalized spacial score (nSPS) is 16.5. The monoisotopic (exact) mass is 326 g/mol. The third kappa shape index (κ3) is 6.24. The van der Waals surface area contributed by atoms with Gasteiger partial charge in [-0.2, -0.15) is 0 Å². The van der Waals surface area contributed by atoms with Crippen LogP contribution in [0.5, 0.6) is 5.75 Å². The predicted molar refractivity (Wildman–Crippen MR) is 91.6 cm³/mol. The van der Waals surface area contributed by atoms with Crippen LogP contribution >= 0.6 is 12.4 Å². The highest BCUT2D eigenvalue weighted by Gasteiger charge is 2.27. The highest BCUT2D eigenvalue weighted by Crippen LogP contribution is 2.25. The molecule has 1 fully saturated rings. The van der Waals surface area contributed by atoms with E-state index < -0.39 is 0 Å². The molecule has 3 N–H and O–H groups in total. The first kappa shape index (κ1) is 18.8. The minimum Gasteiger partial charge on any atom is -0.493 e. The van der Waals surface area contributed by atoms with Gasteiger partial charge in [0.05, 0.1) is 13.0 Å². The van der Waals surface area contributed by atoms with Crippen molar-refractivity contribution in [3.05, 3.63) is 29.8 Å². The van der Waals surface area contributed by atoms with Crippen molar-refractivity contribution < 1.29 is 9.53 Å². The van der Waals surface area contributed by atoms with Crippen LogP contribution in [0.25, 0.3) is 0 Å². The number of benzene rings is 1. The summed E-state index contributed by atoms with van der Waals surface area (Å²) in [5, 5.41) is 2.95. The van der Waals surface area contributed by atoms with Crippen molar-refractivity contribution in [1.29, 1.82) is 0 Å². The molecule has 0 saturated heterocycles. The third-order valence-corrected chi connectivity index (χ3v) is 4.07. The number of hydrogen-bond acceptors (Lipinski definition) is 3. The fourth-order valence-electron chi connectivity index (χ4n) is 2.76. The number of nitrogens with two attached hydrogens (primary N) is 1. The van der Waals surface area contributed by atoms with E-state index in [1.807, 2.05) is 31.2 Å². The van der Waals surface area contributed by atoms with E-state index >= 15 is 0 Å². The SMILES string of the molecule is Cc1cccc(OCCC(=O)NCC2(N)CCCCC2)c1.Cl. The Kier molecular flexibility index (Phi) is 7.69. The molecule has 124 valence electrons. The third-order valence-electron chi connectivity index (χ3n) is 4.07. The second-order valence-corrected chi connectivity index (χ2v) is 6.11. The predicted octanol–water partition coefficient (Wildman–Crippen LogP) is 2.96. The van der Waals surface area contributed by atoms with Gasteiger partial charge < -0.3 is 15.8 Å². The molecule has 22 heavy (non-hydrogen) atoms. The molecular formula is C17H27ClN2O2. The maximum Gasteiger partial charge on any atom is 0.223 e. The number of carbonyl (C=O) groups excluding carboxylic acids is 1. The van der Waals surface area contributed by atoms with Crippen molar-refractivity contribution in [3.8, 4) is 5.75 Å². The molecule has 1 aliphatic carbocycles. The standard InChI is InChI=1S/C17H26N2O2.ClH/c1-14-6-5-7-15(12-14)21-11-8-16(20)19-13-17(18)9-3-2-4-10-17;/h5-7,12H,2-4,8-11,13,18H2,1H3,(H,19,20);1H. The number of halogens is 1. The van der Waals surface area contributed by atoms with Crippen molar-refractivity contribution in [2.45, 2.75) is 51.0 Å². The van der Waals surface area contributed by atoms with Crippen LogP contribution in [0.15, 0.2) is 24.3 Å². The molecule has 1 aliphatic rings. The first-order valence-electron chi connectivity index (χ1n) is 7.82. The lowest BCUT2D eigenvalue weighted by atomic mass is 9.82. The molecule has 0 heterocycles. The lowest BCUT2D eigenvalue weighted by molar-refractivity contribution is -0.121. The summed E-state index contributed by atoms with van der Waals surface area (Å²) in [5.74, 6) is 0.823. The van der Waals surface area contributed by atoms with E-state index in [4.69, 9.17) is 10.5 Å². The van der Waals surface area contributed by atoms with E-state index in [0.717, 1.165) is 24.2 Å². The molecule has 0 radical (unpaired) electrons. The van der Waals surface area contributed by atoms with E-state index in [9.17, 15) is 4.79 Å². The van der Waals surface area contributed by atoms with Gasteiger partial charge in [-0.3, -0.25) is 4.79 Å². The van der Waals surface area contributed by atoms with Crippen molar-refractivity contribution >= 4 is 18.3 Å². The van der Waals surface area contributed by atoms with E-state index in [0.29, 0.717) is 19.6 Å². The van der Waals surface area contributed by atoms with Gasteiger partial charge in [0, 0.05) is 12.1 Å². The Bertz CT molecular complexity index is 473. The van der Waals surface area contributed by atoms with Crippen LogP contribution in [-0.2, 0) is 4.79 Å². The van der Waals surface area contributed by atoms with Gasteiger partial charge in [0.1, 0.15) is 5.75 Å². The largest absolute Gasteiger partial charge is 0.493 e. The van der Waals surface area contributed by atoms with Gasteiger partial charge in [0.15, 0.2) is 0 Å². The van der Waals surface area contributed by atoms with Crippen molar-refractivity contribution in [3.63, 3.8) is 0 Å². The molecule has 0 aromatic heterocycles. The average molecular weight is 327 g/mol. The number of aryl methyl sites for hydroxylation is 1. The summed E-state index contributed by atoms with van der Waals surface area (Å²) in [5.41, 5.74) is 7.25. The Morgan fingerprint density at radius 2 is 2.05 bits per heavy atom. The van der Waals surface area contributed by atoms with Gasteiger partial charge in [-0.15, -0.1) is 12.4 Å². The Balaban J connectivity index is 0.00000242. The molecule has 0 aliphatic heterocycles. The first-order valence-corrected chi connectivity index (χ1v) is 7.82. The minimum atomic E-state index is -0.203. The first-order chi connectivity index (χ1) is 10.1. The van der Waals surface area contributed by atoms with Gasteiger partial charge in [-0.25, -0.2) is 0 Å². The fraction of sp³-hybridized carbons (Fsp3) is 0.588. The zero-order valence-electron chi connectivity index (χ0n) is 13.3. The molecular weight excluding hydrogens is 300 g/mol. The molecule has 0 spiro atoms. The van der Waals surface area contributed by atoms with Gasteiger partial charge in [0.2, 0.25) is 5.91 Å². The number of hydrogen-bond donors (Lipinski definition) is 2. The summed E-state index contributed by atoms with van der Waals surface area (Å²) in [6.45, 7) is 2.99. The minimum absolute atomic E-state index is 0. The Hall–Kier alpha value is -1.26. The van der Waals surface area contributed by atoms with Gasteiger partial charge in [-0.05, 0) is 37.5 Å². The summed E-state index contributed by atoms with van der Waals surface area (Å²) in [6.07, 6.45) is 5.98. The van der Waals surface area contributed by atoms with E-state index in [1.54, 1.807) is 0 Å². The highest BCUT2D eigenvalue weighted by molar-refractivity contribution is 5.85. The summed E-state index contributed by atoms with van der Waals surface area (Å²) < 4.78 is 5.58. The van der Waals surface area contributed by atoms with Crippen molar-refractivity contribution in [1.82, 2.24) is 5.32 Å². The summed E-state index contributed by atoms with van der Waals surface area (Å²) in [6, 6.07) is 7.84. The second-order valence-electron chi connectivity index (χ2n) is 6.11. The molecule has 1 amide bonds. The molecule has 0 bridgehead atoms. The lowest BCUT2D eigenvalue weighted by Crippen LogP contribution is -2.51. The van der Waals surface area contributed by atoms with Crippen molar-refractivity contribution in [2.75, 3.05) is 13.2 Å².